The monoisotopic (exact) mass is 564 g/mol. The van der Waals surface area contributed by atoms with Gasteiger partial charge < -0.3 is 23.4 Å². The minimum atomic E-state index is -2.38. The summed E-state index contributed by atoms with van der Waals surface area (Å²) in [5.41, 5.74) is -0.322. The quantitative estimate of drug-likeness (QED) is 0.0920. The molecule has 208 valence electrons. The topological polar surface area (TPSA) is 101 Å². The first-order valence-electron chi connectivity index (χ1n) is 11.3. The number of benzene rings is 3. The highest BCUT2D eigenvalue weighted by Gasteiger charge is 2.30. The minimum absolute atomic E-state index is 0.0190. The summed E-state index contributed by atoms with van der Waals surface area (Å²) in [6, 6.07) is 9.41. The Hall–Kier alpha value is -4.94. The fraction of sp³-hybridized carbons (Fsp3) is 0.148. The van der Waals surface area contributed by atoms with Gasteiger partial charge >= 0.3 is 11.9 Å². The maximum atomic E-state index is 13.9. The molecule has 4 rings (SSSR count). The van der Waals surface area contributed by atoms with E-state index in [0.29, 0.717) is 0 Å². The van der Waals surface area contributed by atoms with Crippen LogP contribution in [0.3, 0.4) is 0 Å². The summed E-state index contributed by atoms with van der Waals surface area (Å²) in [4.78, 5) is 37.0. The molecule has 0 amide bonds. The van der Waals surface area contributed by atoms with Crippen molar-refractivity contribution in [2.24, 2.45) is 0 Å². The Morgan fingerprint density at radius 3 is 2.00 bits per heavy atom. The summed E-state index contributed by atoms with van der Waals surface area (Å²) in [5.74, 6) is -14.9. The molecule has 1 atom stereocenters. The van der Waals surface area contributed by atoms with Gasteiger partial charge in [0, 0.05) is 6.07 Å². The van der Waals surface area contributed by atoms with Crippen LogP contribution < -0.4 is 19.6 Å². The number of hydrogen-bond acceptors (Lipinski definition) is 8. The number of carbonyl (C=O) groups excluding carboxylic acids is 2. The Bertz CT molecular complexity index is 1670. The number of halogens is 5. The van der Waals surface area contributed by atoms with Gasteiger partial charge in [-0.05, 0) is 50.2 Å². The molecular weight excluding hydrogens is 547 g/mol. The molecule has 0 fully saturated rings. The van der Waals surface area contributed by atoms with Crippen LogP contribution in [0.15, 0.2) is 51.7 Å². The Labute approximate surface area is 221 Å². The second-order valence-electron chi connectivity index (χ2n) is 8.17. The normalized spacial score (nSPS) is 11.7. The summed E-state index contributed by atoms with van der Waals surface area (Å²) in [5, 5.41) is 0.0392. The zero-order valence-electron chi connectivity index (χ0n) is 20.8. The maximum absolute atomic E-state index is 13.9. The SMILES string of the molecule is COC(=O)c1ccc(Oc2c(C)oc3cc(OC(=O)C(C)Oc4c(F)c(F)c(F)c(F)c4F)ccc3c2=O)cc1. The molecule has 0 aliphatic rings. The fourth-order valence-corrected chi connectivity index (χ4v) is 3.46. The lowest BCUT2D eigenvalue weighted by Gasteiger charge is -2.16. The molecule has 4 aromatic rings. The van der Waals surface area contributed by atoms with Gasteiger partial charge in [-0.25, -0.2) is 22.8 Å². The molecular formula is C27H17F5O8. The molecule has 8 nitrogen and oxygen atoms in total. The van der Waals surface area contributed by atoms with Crippen LogP contribution >= 0.6 is 0 Å². The van der Waals surface area contributed by atoms with Gasteiger partial charge in [0.1, 0.15) is 22.8 Å². The summed E-state index contributed by atoms with van der Waals surface area (Å²) >= 11 is 0. The summed E-state index contributed by atoms with van der Waals surface area (Å²) < 4.78 is 93.4. The van der Waals surface area contributed by atoms with Gasteiger partial charge in [-0.3, -0.25) is 4.79 Å². The smallest absolute Gasteiger partial charge is 0.352 e. The largest absolute Gasteiger partial charge is 0.473 e. The lowest BCUT2D eigenvalue weighted by Crippen LogP contribution is -2.29. The van der Waals surface area contributed by atoms with Crippen LogP contribution in [-0.2, 0) is 9.53 Å². The van der Waals surface area contributed by atoms with E-state index in [1.165, 1.54) is 56.5 Å². The third kappa shape index (κ3) is 5.30. The fourth-order valence-electron chi connectivity index (χ4n) is 3.46. The molecule has 0 N–H and O–H groups in total. The molecule has 0 aliphatic carbocycles. The Morgan fingerprint density at radius 2 is 1.40 bits per heavy atom. The molecule has 3 aromatic carbocycles. The van der Waals surface area contributed by atoms with Crippen molar-refractivity contribution in [1.29, 1.82) is 0 Å². The third-order valence-corrected chi connectivity index (χ3v) is 5.50. The summed E-state index contributed by atoms with van der Waals surface area (Å²) in [6.07, 6.45) is -1.81. The number of esters is 2. The van der Waals surface area contributed by atoms with Gasteiger partial charge in [0.15, 0.2) is 11.9 Å². The van der Waals surface area contributed by atoms with Gasteiger partial charge in [-0.2, -0.15) is 8.78 Å². The number of aryl methyl sites for hydroxylation is 1. The van der Waals surface area contributed by atoms with Crippen molar-refractivity contribution in [1.82, 2.24) is 0 Å². The second-order valence-corrected chi connectivity index (χ2v) is 8.17. The number of carbonyl (C=O) groups is 2. The van der Waals surface area contributed by atoms with E-state index in [4.69, 9.17) is 13.9 Å². The number of hydrogen-bond donors (Lipinski definition) is 0. The molecule has 0 spiro atoms. The van der Waals surface area contributed by atoms with Crippen LogP contribution in [0.25, 0.3) is 11.0 Å². The van der Waals surface area contributed by atoms with Gasteiger partial charge in [0.05, 0.1) is 18.1 Å². The molecule has 0 bridgehead atoms. The predicted molar refractivity (Wildman–Crippen MR) is 127 cm³/mol. The summed E-state index contributed by atoms with van der Waals surface area (Å²) in [6.45, 7) is 2.41. The Balaban J connectivity index is 1.53. The highest BCUT2D eigenvalue weighted by atomic mass is 19.2. The molecule has 13 heteroatoms. The first kappa shape index (κ1) is 28.1. The molecule has 0 aliphatic heterocycles. The highest BCUT2D eigenvalue weighted by molar-refractivity contribution is 5.89. The lowest BCUT2D eigenvalue weighted by molar-refractivity contribution is -0.141. The molecule has 1 unspecified atom stereocenters. The van der Waals surface area contributed by atoms with Crippen molar-refractivity contribution >= 4 is 22.9 Å². The molecule has 1 aromatic heterocycles. The first-order valence-corrected chi connectivity index (χ1v) is 11.3. The van der Waals surface area contributed by atoms with E-state index in [1.807, 2.05) is 0 Å². The van der Waals surface area contributed by atoms with E-state index in [1.54, 1.807) is 0 Å². The average Bonchev–Trinajstić information content (AvgIpc) is 2.95. The molecule has 0 saturated heterocycles. The molecule has 1 heterocycles. The van der Waals surface area contributed by atoms with E-state index in [2.05, 4.69) is 9.47 Å². The Morgan fingerprint density at radius 1 is 0.825 bits per heavy atom. The van der Waals surface area contributed by atoms with Crippen LogP contribution in [0, 0.1) is 36.0 Å². The third-order valence-electron chi connectivity index (χ3n) is 5.50. The van der Waals surface area contributed by atoms with Gasteiger partial charge in [-0.15, -0.1) is 0 Å². The van der Waals surface area contributed by atoms with E-state index in [0.717, 1.165) is 6.92 Å². The number of ether oxygens (including phenoxy) is 4. The van der Waals surface area contributed by atoms with Crippen LogP contribution in [0.5, 0.6) is 23.0 Å². The zero-order chi connectivity index (χ0) is 29.3. The van der Waals surface area contributed by atoms with E-state index in [-0.39, 0.29) is 39.5 Å². The zero-order valence-corrected chi connectivity index (χ0v) is 20.8. The first-order chi connectivity index (χ1) is 18.9. The van der Waals surface area contributed by atoms with Crippen molar-refractivity contribution in [3.05, 3.63) is 93.1 Å². The lowest BCUT2D eigenvalue weighted by atomic mass is 10.2. The minimum Gasteiger partial charge on any atom is -0.473 e. The predicted octanol–water partition coefficient (Wildman–Crippen LogP) is 5.75. The van der Waals surface area contributed by atoms with Crippen molar-refractivity contribution in [2.75, 3.05) is 7.11 Å². The standard InChI is InChI=1S/C27H17F5O8/c1-11-24(39-14-6-4-13(5-7-14)27(35)36-3)23(33)16-9-8-15(10-17(16)37-11)40-26(34)12(2)38-25-21(31)19(29)18(28)20(30)22(25)32/h4-10,12H,1-3H3. The van der Waals surface area contributed by atoms with Crippen molar-refractivity contribution in [3.63, 3.8) is 0 Å². The molecule has 0 radical (unpaired) electrons. The van der Waals surface area contributed by atoms with E-state index in [9.17, 15) is 36.3 Å². The Kier molecular flexibility index (Phi) is 7.75. The van der Waals surface area contributed by atoms with Crippen LogP contribution in [0.4, 0.5) is 22.0 Å². The summed E-state index contributed by atoms with van der Waals surface area (Å²) in [7, 11) is 1.23. The maximum Gasteiger partial charge on any atom is 0.352 e. The van der Waals surface area contributed by atoms with Crippen LogP contribution in [0.1, 0.15) is 23.0 Å². The number of rotatable bonds is 7. The highest BCUT2D eigenvalue weighted by Crippen LogP contribution is 2.31. The van der Waals surface area contributed by atoms with Crippen molar-refractivity contribution in [2.45, 2.75) is 20.0 Å². The molecule has 40 heavy (non-hydrogen) atoms. The molecule has 0 saturated carbocycles. The van der Waals surface area contributed by atoms with Gasteiger partial charge in [-0.1, -0.05) is 0 Å². The van der Waals surface area contributed by atoms with Gasteiger partial charge in [0.25, 0.3) is 0 Å². The van der Waals surface area contributed by atoms with Crippen molar-refractivity contribution in [3.8, 4) is 23.0 Å². The van der Waals surface area contributed by atoms with E-state index < -0.39 is 58.3 Å². The van der Waals surface area contributed by atoms with E-state index >= 15 is 0 Å². The van der Waals surface area contributed by atoms with Crippen molar-refractivity contribution < 1.29 is 54.9 Å². The number of methoxy groups -OCH3 is 1. The number of fused-ring (bicyclic) bond motifs is 1. The average molecular weight is 564 g/mol. The second kappa shape index (κ2) is 11.0. The van der Waals surface area contributed by atoms with Gasteiger partial charge in [0.2, 0.25) is 40.3 Å². The van der Waals surface area contributed by atoms with Crippen LogP contribution in [0.2, 0.25) is 0 Å². The van der Waals surface area contributed by atoms with Crippen LogP contribution in [-0.4, -0.2) is 25.2 Å².